The normalized spacial score (nSPS) is 12.4. The smallest absolute Gasteiger partial charge is 0.0927 e. The Labute approximate surface area is 302 Å². The van der Waals surface area contributed by atoms with Gasteiger partial charge >= 0.3 is 0 Å². The van der Waals surface area contributed by atoms with Crippen molar-refractivity contribution in [1.29, 1.82) is 0 Å². The van der Waals surface area contributed by atoms with Crippen molar-refractivity contribution in [3.05, 3.63) is 169 Å². The lowest BCUT2D eigenvalue weighted by molar-refractivity contribution is 0.968. The van der Waals surface area contributed by atoms with E-state index in [1.165, 1.54) is 73.4 Å². The zero-order valence-corrected chi connectivity index (χ0v) is 29.1. The molecule has 5 heteroatoms. The summed E-state index contributed by atoms with van der Waals surface area (Å²) in [5, 5.41) is 12.9. The summed E-state index contributed by atoms with van der Waals surface area (Å²) >= 11 is 3.72. The van der Waals surface area contributed by atoms with E-state index < -0.39 is 0 Å². The Morgan fingerprint density at radius 2 is 1.06 bits per heavy atom. The van der Waals surface area contributed by atoms with E-state index in [0.717, 1.165) is 22.3 Å². The number of allylic oxidation sites excluding steroid dienone is 1. The number of aliphatic imine (C=N–C) groups is 1. The Kier molecular flexibility index (Phi) is 7.01. The minimum absolute atomic E-state index is 0.802. The Morgan fingerprint density at radius 3 is 1.73 bits per heavy atom. The Hall–Kier alpha value is -6.14. The molecule has 0 spiro atoms. The summed E-state index contributed by atoms with van der Waals surface area (Å²) in [6, 6.07) is 54.6. The van der Waals surface area contributed by atoms with Crippen LogP contribution in [0.4, 0.5) is 0 Å². The van der Waals surface area contributed by atoms with Crippen LogP contribution in [0.1, 0.15) is 5.56 Å². The van der Waals surface area contributed by atoms with E-state index in [2.05, 4.69) is 168 Å². The highest BCUT2D eigenvalue weighted by atomic mass is 32.1. The van der Waals surface area contributed by atoms with E-state index in [9.17, 15) is 0 Å². The van der Waals surface area contributed by atoms with Crippen LogP contribution in [-0.4, -0.2) is 17.1 Å². The number of hydrogen-bond donors (Lipinski definition) is 0. The number of hydrogen-bond acceptors (Lipinski definition) is 4. The van der Waals surface area contributed by atoms with Crippen molar-refractivity contribution >= 4 is 97.3 Å². The molecule has 10 rings (SSSR count). The van der Waals surface area contributed by atoms with E-state index in [-0.39, 0.29) is 0 Å². The van der Waals surface area contributed by atoms with E-state index in [0.29, 0.717) is 0 Å². The standard InChI is InChI=1S/C46H29N3S2/c1-47-27-26-40(30-22-20-29(21-23-30)32-13-8-15-37-35-11-3-6-18-43(35)50-45(32)37)48-49-41-17-5-2-10-34(41)39-28-31(24-25-42(39)49)33-14-9-16-38-36-12-4-7-19-44(36)51-46(33)38/h2-28H,1H2/b27-26-,48-40+. The quantitative estimate of drug-likeness (QED) is 0.156. The summed E-state index contributed by atoms with van der Waals surface area (Å²) in [6.45, 7) is 3.70. The lowest BCUT2D eigenvalue weighted by Gasteiger charge is -2.08. The highest BCUT2D eigenvalue weighted by molar-refractivity contribution is 7.26. The zero-order chi connectivity index (χ0) is 33.9. The maximum absolute atomic E-state index is 5.31. The van der Waals surface area contributed by atoms with Gasteiger partial charge in [-0.05, 0) is 65.4 Å². The second kappa shape index (κ2) is 12.0. The number of rotatable bonds is 6. The van der Waals surface area contributed by atoms with Crippen LogP contribution in [0, 0.1) is 0 Å². The third-order valence-electron chi connectivity index (χ3n) is 9.80. The SMILES string of the molecule is C=N/C=C\C(=N/n1c2ccccc2c2cc(-c3cccc4c3sc3ccccc34)ccc21)c1ccc(-c2cccc3c2sc2ccccc23)cc1. The van der Waals surface area contributed by atoms with Gasteiger partial charge in [-0.25, -0.2) is 4.68 Å². The number of aromatic nitrogens is 1. The predicted molar refractivity (Wildman–Crippen MR) is 223 cm³/mol. The average molecular weight is 688 g/mol. The fourth-order valence-electron chi connectivity index (χ4n) is 7.42. The molecule has 0 radical (unpaired) electrons. The van der Waals surface area contributed by atoms with Crippen LogP contribution in [0.3, 0.4) is 0 Å². The highest BCUT2D eigenvalue weighted by Crippen LogP contribution is 2.42. The fourth-order valence-corrected chi connectivity index (χ4v) is 9.89. The van der Waals surface area contributed by atoms with Gasteiger partial charge in [0.05, 0.1) is 16.7 Å². The van der Waals surface area contributed by atoms with E-state index in [4.69, 9.17) is 5.10 Å². The molecule has 7 aromatic carbocycles. The molecule has 0 aliphatic carbocycles. The van der Waals surface area contributed by atoms with E-state index >= 15 is 0 Å². The van der Waals surface area contributed by atoms with Crippen LogP contribution in [0.25, 0.3) is 84.4 Å². The van der Waals surface area contributed by atoms with Crippen LogP contribution < -0.4 is 0 Å². The molecule has 3 heterocycles. The van der Waals surface area contributed by atoms with Gasteiger partial charge in [0.15, 0.2) is 0 Å². The average Bonchev–Trinajstić information content (AvgIpc) is 3.86. The van der Waals surface area contributed by atoms with Crippen molar-refractivity contribution in [2.45, 2.75) is 0 Å². The second-order valence-corrected chi connectivity index (χ2v) is 14.8. The summed E-state index contributed by atoms with van der Waals surface area (Å²) in [4.78, 5) is 4.04. The first-order chi connectivity index (χ1) is 25.2. The Bertz CT molecular complexity index is 3040. The van der Waals surface area contributed by atoms with Gasteiger partial charge in [-0.2, -0.15) is 5.10 Å². The van der Waals surface area contributed by atoms with Gasteiger partial charge < -0.3 is 0 Å². The summed E-state index contributed by atoms with van der Waals surface area (Å²) < 4.78 is 7.32. The van der Waals surface area contributed by atoms with Crippen molar-refractivity contribution in [1.82, 2.24) is 4.68 Å². The van der Waals surface area contributed by atoms with Gasteiger partial charge in [-0.15, -0.1) is 22.7 Å². The number of para-hydroxylation sites is 1. The lowest BCUT2D eigenvalue weighted by Crippen LogP contribution is -2.01. The monoisotopic (exact) mass is 687 g/mol. The molecule has 51 heavy (non-hydrogen) atoms. The van der Waals surface area contributed by atoms with Gasteiger partial charge in [0.1, 0.15) is 0 Å². The molecule has 0 fully saturated rings. The van der Waals surface area contributed by atoms with Crippen LogP contribution in [0.15, 0.2) is 174 Å². The van der Waals surface area contributed by atoms with Gasteiger partial charge in [0, 0.05) is 62.9 Å². The first-order valence-electron chi connectivity index (χ1n) is 16.9. The lowest BCUT2D eigenvalue weighted by atomic mass is 10.00. The largest absolute Gasteiger partial charge is 0.272 e. The minimum Gasteiger partial charge on any atom is -0.272 e. The molecule has 0 unspecified atom stereocenters. The van der Waals surface area contributed by atoms with Crippen molar-refractivity contribution in [2.24, 2.45) is 10.1 Å². The number of nitrogens with zero attached hydrogens (tertiary/aromatic N) is 3. The second-order valence-electron chi connectivity index (χ2n) is 12.7. The highest BCUT2D eigenvalue weighted by Gasteiger charge is 2.16. The minimum atomic E-state index is 0.802. The first kappa shape index (κ1) is 29.7. The molecule has 0 bridgehead atoms. The molecule has 0 aliphatic heterocycles. The molecule has 0 aliphatic rings. The van der Waals surface area contributed by atoms with E-state index in [1.807, 2.05) is 28.7 Å². The summed E-state index contributed by atoms with van der Waals surface area (Å²) in [6.07, 6.45) is 3.65. The number of fused-ring (bicyclic) bond motifs is 9. The molecule has 3 aromatic heterocycles. The molecule has 0 saturated heterocycles. The summed E-state index contributed by atoms with van der Waals surface area (Å²) in [5.41, 5.74) is 8.78. The Morgan fingerprint density at radius 1 is 0.510 bits per heavy atom. The van der Waals surface area contributed by atoms with Crippen LogP contribution in [0.2, 0.25) is 0 Å². The van der Waals surface area contributed by atoms with Crippen LogP contribution >= 0.6 is 22.7 Å². The van der Waals surface area contributed by atoms with E-state index in [1.54, 1.807) is 6.20 Å². The topological polar surface area (TPSA) is 29.6 Å². The zero-order valence-electron chi connectivity index (χ0n) is 27.5. The van der Waals surface area contributed by atoms with Crippen LogP contribution in [-0.2, 0) is 0 Å². The fraction of sp³-hybridized carbons (Fsp3) is 0. The van der Waals surface area contributed by atoms with Crippen molar-refractivity contribution in [3.8, 4) is 22.3 Å². The molecule has 0 amide bonds. The van der Waals surface area contributed by atoms with Gasteiger partial charge in [-0.3, -0.25) is 4.99 Å². The molecular weight excluding hydrogens is 659 g/mol. The van der Waals surface area contributed by atoms with Crippen molar-refractivity contribution in [3.63, 3.8) is 0 Å². The van der Waals surface area contributed by atoms with Gasteiger partial charge in [0.2, 0.25) is 0 Å². The predicted octanol–water partition coefficient (Wildman–Crippen LogP) is 13.3. The van der Waals surface area contributed by atoms with Gasteiger partial charge in [0.25, 0.3) is 0 Å². The maximum Gasteiger partial charge on any atom is 0.0927 e. The third kappa shape index (κ3) is 4.85. The molecule has 0 N–H and O–H groups in total. The molecule has 3 nitrogen and oxygen atoms in total. The maximum atomic E-state index is 5.31. The Balaban J connectivity index is 1.10. The van der Waals surface area contributed by atoms with Gasteiger partial charge in [-0.1, -0.05) is 121 Å². The molecule has 240 valence electrons. The van der Waals surface area contributed by atoms with Crippen molar-refractivity contribution in [2.75, 3.05) is 0 Å². The molecule has 0 atom stereocenters. The molecule has 0 saturated carbocycles. The summed E-state index contributed by atoms with van der Waals surface area (Å²) in [7, 11) is 0. The molecule has 10 aromatic rings. The summed E-state index contributed by atoms with van der Waals surface area (Å²) in [5.74, 6) is 0. The van der Waals surface area contributed by atoms with Crippen LogP contribution in [0.5, 0.6) is 0 Å². The first-order valence-corrected chi connectivity index (χ1v) is 18.5. The third-order valence-corrected chi connectivity index (χ3v) is 12.2. The molecular formula is C46H29N3S2. The number of benzene rings is 7. The number of thiophene rings is 2. The van der Waals surface area contributed by atoms with Crippen molar-refractivity contribution < 1.29 is 0 Å².